The van der Waals surface area contributed by atoms with Crippen LogP contribution in [0, 0.1) is 0 Å². The van der Waals surface area contributed by atoms with Crippen LogP contribution in [0.3, 0.4) is 0 Å². The molecule has 0 amide bonds. The highest BCUT2D eigenvalue weighted by Gasteiger charge is 1.98. The molecule has 0 aromatic heterocycles. The van der Waals surface area contributed by atoms with Crippen LogP contribution in [0.2, 0.25) is 0 Å². The quantitative estimate of drug-likeness (QED) is 0.554. The molecule has 0 saturated carbocycles. The number of carbonyl (C=O) groups is 1. The Morgan fingerprint density at radius 2 is 1.80 bits per heavy atom. The third-order valence-corrected chi connectivity index (χ3v) is 2.58. The molecular formula is C13H9ClO. The Morgan fingerprint density at radius 1 is 1.07 bits per heavy atom. The molecule has 0 fully saturated rings. The van der Waals surface area contributed by atoms with Gasteiger partial charge in [-0.25, -0.2) is 0 Å². The van der Waals surface area contributed by atoms with Crippen molar-refractivity contribution in [1.29, 1.82) is 0 Å². The topological polar surface area (TPSA) is 17.1 Å². The summed E-state index contributed by atoms with van der Waals surface area (Å²) in [5.74, 6) is 0. The average molecular weight is 217 g/mol. The molecule has 0 unspecified atom stereocenters. The summed E-state index contributed by atoms with van der Waals surface area (Å²) >= 11 is 5.94. The highest BCUT2D eigenvalue weighted by atomic mass is 35.5. The molecule has 0 spiro atoms. The third kappa shape index (κ3) is 2.08. The Balaban J connectivity index is 2.56. The van der Waals surface area contributed by atoms with Crippen molar-refractivity contribution in [2.75, 3.05) is 0 Å². The lowest BCUT2D eigenvalue weighted by molar-refractivity contribution is -0.104. The lowest BCUT2D eigenvalue weighted by Crippen LogP contribution is -1.79. The fourth-order valence-corrected chi connectivity index (χ4v) is 1.66. The smallest absolute Gasteiger partial charge is 0.144 e. The van der Waals surface area contributed by atoms with Crippen molar-refractivity contribution < 1.29 is 4.79 Å². The number of allylic oxidation sites excluding steroid dienone is 1. The molecule has 0 saturated heterocycles. The van der Waals surface area contributed by atoms with E-state index < -0.39 is 0 Å². The molecule has 0 radical (unpaired) electrons. The van der Waals surface area contributed by atoms with E-state index in [9.17, 15) is 4.79 Å². The van der Waals surface area contributed by atoms with E-state index in [1.165, 1.54) is 6.08 Å². The maximum atomic E-state index is 10.3. The van der Waals surface area contributed by atoms with Gasteiger partial charge >= 0.3 is 0 Å². The molecule has 2 rings (SSSR count). The SMILES string of the molecule is O=C/C=C(/Cl)c1ccc2ccccc2c1. The number of hydrogen-bond acceptors (Lipinski definition) is 1. The Kier molecular flexibility index (Phi) is 2.84. The first-order valence-electron chi connectivity index (χ1n) is 4.61. The number of aldehydes is 1. The molecule has 0 aliphatic carbocycles. The minimum atomic E-state index is 0.468. The van der Waals surface area contributed by atoms with Crippen LogP contribution in [-0.4, -0.2) is 6.29 Å². The monoisotopic (exact) mass is 216 g/mol. The minimum absolute atomic E-state index is 0.468. The van der Waals surface area contributed by atoms with E-state index in [2.05, 4.69) is 0 Å². The molecule has 0 aliphatic rings. The molecule has 0 heterocycles. The molecule has 0 N–H and O–H groups in total. The first-order valence-corrected chi connectivity index (χ1v) is 4.99. The summed E-state index contributed by atoms with van der Waals surface area (Å²) in [6.07, 6.45) is 2.04. The van der Waals surface area contributed by atoms with Crippen LogP contribution in [0.4, 0.5) is 0 Å². The Labute approximate surface area is 93.0 Å². The molecule has 0 atom stereocenters. The molecule has 74 valence electrons. The normalized spacial score (nSPS) is 11.7. The zero-order valence-electron chi connectivity index (χ0n) is 7.98. The summed E-state index contributed by atoms with van der Waals surface area (Å²) in [6.45, 7) is 0. The van der Waals surface area contributed by atoms with Crippen LogP contribution < -0.4 is 0 Å². The molecule has 2 heteroatoms. The van der Waals surface area contributed by atoms with Gasteiger partial charge in [-0.1, -0.05) is 48.0 Å². The van der Waals surface area contributed by atoms with E-state index in [0.29, 0.717) is 11.3 Å². The summed E-state index contributed by atoms with van der Waals surface area (Å²) in [6, 6.07) is 13.9. The first-order chi connectivity index (χ1) is 7.31. The Bertz CT molecular complexity index is 529. The van der Waals surface area contributed by atoms with Crippen molar-refractivity contribution in [3.8, 4) is 0 Å². The van der Waals surface area contributed by atoms with Crippen LogP contribution in [0.15, 0.2) is 48.5 Å². The molecule has 15 heavy (non-hydrogen) atoms. The third-order valence-electron chi connectivity index (χ3n) is 2.24. The summed E-state index contributed by atoms with van der Waals surface area (Å²) in [4.78, 5) is 10.3. The highest BCUT2D eigenvalue weighted by Crippen LogP contribution is 2.23. The van der Waals surface area contributed by atoms with Gasteiger partial charge in [-0.3, -0.25) is 4.79 Å². The van der Waals surface area contributed by atoms with Gasteiger partial charge in [-0.2, -0.15) is 0 Å². The van der Waals surface area contributed by atoms with E-state index in [1.54, 1.807) is 0 Å². The van der Waals surface area contributed by atoms with Gasteiger partial charge in [0.25, 0.3) is 0 Å². The van der Waals surface area contributed by atoms with E-state index in [-0.39, 0.29) is 0 Å². The van der Waals surface area contributed by atoms with Crippen LogP contribution in [-0.2, 0) is 4.79 Å². The number of benzene rings is 2. The first kappa shape index (κ1) is 9.94. The second-order valence-electron chi connectivity index (χ2n) is 3.21. The number of halogens is 1. The number of fused-ring (bicyclic) bond motifs is 1. The van der Waals surface area contributed by atoms with Gasteiger partial charge in [0.1, 0.15) is 6.29 Å². The van der Waals surface area contributed by atoms with Crippen molar-refractivity contribution in [2.45, 2.75) is 0 Å². The van der Waals surface area contributed by atoms with Gasteiger partial charge in [-0.15, -0.1) is 0 Å². The number of carbonyl (C=O) groups excluding carboxylic acids is 1. The van der Waals surface area contributed by atoms with Gasteiger partial charge in [0.05, 0.1) is 5.03 Å². The second-order valence-corrected chi connectivity index (χ2v) is 3.62. The van der Waals surface area contributed by atoms with E-state index in [4.69, 9.17) is 11.6 Å². The Morgan fingerprint density at radius 3 is 2.53 bits per heavy atom. The van der Waals surface area contributed by atoms with Crippen molar-refractivity contribution in [1.82, 2.24) is 0 Å². The van der Waals surface area contributed by atoms with Gasteiger partial charge in [0.2, 0.25) is 0 Å². The predicted octanol–water partition coefficient (Wildman–Crippen LogP) is 3.62. The van der Waals surface area contributed by atoms with Crippen LogP contribution >= 0.6 is 11.6 Å². The minimum Gasteiger partial charge on any atom is -0.299 e. The van der Waals surface area contributed by atoms with Crippen molar-refractivity contribution in [3.63, 3.8) is 0 Å². The van der Waals surface area contributed by atoms with E-state index in [1.807, 2.05) is 42.5 Å². The molecule has 1 nitrogen and oxygen atoms in total. The number of rotatable bonds is 2. The van der Waals surface area contributed by atoms with E-state index >= 15 is 0 Å². The summed E-state index contributed by atoms with van der Waals surface area (Å²) < 4.78 is 0. The van der Waals surface area contributed by atoms with Gasteiger partial charge in [-0.05, 0) is 28.5 Å². The van der Waals surface area contributed by atoms with E-state index in [0.717, 1.165) is 16.3 Å². The Hall–Kier alpha value is -1.60. The molecular weight excluding hydrogens is 208 g/mol. The molecule has 2 aromatic rings. The fourth-order valence-electron chi connectivity index (χ4n) is 1.49. The van der Waals surface area contributed by atoms with Crippen molar-refractivity contribution >= 4 is 33.7 Å². The van der Waals surface area contributed by atoms with Gasteiger partial charge < -0.3 is 0 Å². The van der Waals surface area contributed by atoms with Gasteiger partial charge in [0.15, 0.2) is 0 Å². The van der Waals surface area contributed by atoms with Crippen molar-refractivity contribution in [3.05, 3.63) is 54.1 Å². The second kappa shape index (κ2) is 4.28. The van der Waals surface area contributed by atoms with Crippen molar-refractivity contribution in [2.24, 2.45) is 0 Å². The maximum Gasteiger partial charge on any atom is 0.144 e. The summed E-state index contributed by atoms with van der Waals surface area (Å²) in [7, 11) is 0. The fraction of sp³-hybridized carbons (Fsp3) is 0. The zero-order valence-corrected chi connectivity index (χ0v) is 8.74. The zero-order chi connectivity index (χ0) is 10.7. The molecule has 0 aliphatic heterocycles. The summed E-state index contributed by atoms with van der Waals surface area (Å²) in [5, 5.41) is 2.75. The predicted molar refractivity (Wildman–Crippen MR) is 63.8 cm³/mol. The van der Waals surface area contributed by atoms with Crippen LogP contribution in [0.25, 0.3) is 15.8 Å². The maximum absolute atomic E-state index is 10.3. The molecule has 2 aromatic carbocycles. The standard InChI is InChI=1S/C13H9ClO/c14-13(7-8-15)12-6-5-10-3-1-2-4-11(10)9-12/h1-9H/b13-7+. The van der Waals surface area contributed by atoms with Gasteiger partial charge in [0, 0.05) is 0 Å². The highest BCUT2D eigenvalue weighted by molar-refractivity contribution is 6.49. The van der Waals surface area contributed by atoms with Crippen LogP contribution in [0.1, 0.15) is 5.56 Å². The largest absolute Gasteiger partial charge is 0.299 e. The average Bonchev–Trinajstić information content (AvgIpc) is 2.29. The molecule has 0 bridgehead atoms. The number of hydrogen-bond donors (Lipinski definition) is 0. The summed E-state index contributed by atoms with van der Waals surface area (Å²) in [5.41, 5.74) is 0.863. The van der Waals surface area contributed by atoms with Crippen LogP contribution in [0.5, 0.6) is 0 Å². The lowest BCUT2D eigenvalue weighted by Gasteiger charge is -2.01. The lowest BCUT2D eigenvalue weighted by atomic mass is 10.1.